The van der Waals surface area contributed by atoms with Gasteiger partial charge >= 0.3 is 5.97 Å². The maximum Gasteiger partial charge on any atom is 0.384 e. The van der Waals surface area contributed by atoms with Crippen molar-refractivity contribution < 1.29 is 9.53 Å². The molecule has 1 heterocycles. The van der Waals surface area contributed by atoms with Gasteiger partial charge in [-0.3, -0.25) is 0 Å². The predicted molar refractivity (Wildman–Crippen MR) is 60.6 cm³/mol. The fraction of sp³-hybridized carbons (Fsp3) is 0.0769. The number of nitrogens with zero attached hydrogens (tertiary/aromatic N) is 1. The van der Waals surface area contributed by atoms with E-state index in [2.05, 4.69) is 21.6 Å². The lowest BCUT2D eigenvalue weighted by molar-refractivity contribution is -0.133. The zero-order valence-corrected chi connectivity index (χ0v) is 8.73. The molecule has 2 rings (SSSR count). The van der Waals surface area contributed by atoms with Gasteiger partial charge in [0.05, 0.1) is 7.11 Å². The number of rotatable bonds is 0. The molecule has 0 radical (unpaired) electrons. The van der Waals surface area contributed by atoms with Crippen LogP contribution < -0.4 is 0 Å². The molecule has 1 aromatic heterocycles. The van der Waals surface area contributed by atoms with E-state index in [4.69, 9.17) is 0 Å². The molecule has 0 amide bonds. The summed E-state index contributed by atoms with van der Waals surface area (Å²) in [5, 5.41) is 1.98. The van der Waals surface area contributed by atoms with Crippen molar-refractivity contribution in [3.63, 3.8) is 0 Å². The third kappa shape index (κ3) is 2.01. The highest BCUT2D eigenvalue weighted by atomic mass is 16.5. The Morgan fingerprint density at radius 1 is 1.31 bits per heavy atom. The second-order valence-corrected chi connectivity index (χ2v) is 3.12. The highest BCUT2D eigenvalue weighted by molar-refractivity contribution is 5.91. The zero-order chi connectivity index (χ0) is 11.4. The first-order valence-electron chi connectivity index (χ1n) is 4.75. The van der Waals surface area contributed by atoms with Crippen molar-refractivity contribution in [2.24, 2.45) is 0 Å². The molecule has 0 aliphatic carbocycles. The number of hydrogen-bond acceptors (Lipinski definition) is 3. The lowest BCUT2D eigenvalue weighted by Gasteiger charge is -1.97. The second-order valence-electron chi connectivity index (χ2n) is 3.12. The van der Waals surface area contributed by atoms with Crippen molar-refractivity contribution >= 4 is 16.7 Å². The molecule has 0 unspecified atom stereocenters. The van der Waals surface area contributed by atoms with Crippen LogP contribution >= 0.6 is 0 Å². The van der Waals surface area contributed by atoms with Gasteiger partial charge in [-0.05, 0) is 17.4 Å². The van der Waals surface area contributed by atoms with Crippen molar-refractivity contribution in [2.45, 2.75) is 0 Å². The number of ether oxygens (including phenoxy) is 1. The predicted octanol–water partition coefficient (Wildman–Crippen LogP) is 1.76. The molecule has 3 heteroatoms. The van der Waals surface area contributed by atoms with E-state index in [1.54, 1.807) is 6.20 Å². The molecule has 3 nitrogen and oxygen atoms in total. The van der Waals surface area contributed by atoms with Crippen molar-refractivity contribution in [1.82, 2.24) is 4.98 Å². The minimum Gasteiger partial charge on any atom is -0.459 e. The summed E-state index contributed by atoms with van der Waals surface area (Å²) >= 11 is 0. The van der Waals surface area contributed by atoms with Gasteiger partial charge in [-0.25, -0.2) is 9.78 Å². The van der Waals surface area contributed by atoms with Crippen molar-refractivity contribution in [3.05, 3.63) is 42.2 Å². The summed E-state index contributed by atoms with van der Waals surface area (Å²) in [5.41, 5.74) is 0.587. The summed E-state index contributed by atoms with van der Waals surface area (Å²) in [7, 11) is 1.30. The van der Waals surface area contributed by atoms with Gasteiger partial charge in [0.1, 0.15) is 5.69 Å². The molecule has 0 spiro atoms. The summed E-state index contributed by atoms with van der Waals surface area (Å²) in [6, 6.07) is 9.65. The van der Waals surface area contributed by atoms with E-state index in [1.807, 2.05) is 30.3 Å². The highest BCUT2D eigenvalue weighted by Crippen LogP contribution is 2.14. The minimum absolute atomic E-state index is 0.560. The number of hydrogen-bond donors (Lipinski definition) is 0. The van der Waals surface area contributed by atoms with Crippen LogP contribution in [0.5, 0.6) is 0 Å². The number of fused-ring (bicyclic) bond motifs is 1. The maximum absolute atomic E-state index is 10.9. The summed E-state index contributed by atoms with van der Waals surface area (Å²) < 4.78 is 4.44. The van der Waals surface area contributed by atoms with E-state index in [-0.39, 0.29) is 0 Å². The topological polar surface area (TPSA) is 39.2 Å². The van der Waals surface area contributed by atoms with E-state index in [0.29, 0.717) is 5.69 Å². The van der Waals surface area contributed by atoms with Gasteiger partial charge in [-0.2, -0.15) is 0 Å². The van der Waals surface area contributed by atoms with Crippen LogP contribution in [0.4, 0.5) is 0 Å². The lowest BCUT2D eigenvalue weighted by atomic mass is 10.1. The average molecular weight is 211 g/mol. The molecule has 0 aliphatic heterocycles. The van der Waals surface area contributed by atoms with Crippen LogP contribution in [0, 0.1) is 11.8 Å². The van der Waals surface area contributed by atoms with Crippen LogP contribution in [0.15, 0.2) is 36.5 Å². The van der Waals surface area contributed by atoms with Gasteiger partial charge in [-0.15, -0.1) is 0 Å². The smallest absolute Gasteiger partial charge is 0.384 e. The Morgan fingerprint density at radius 2 is 2.12 bits per heavy atom. The Morgan fingerprint density at radius 3 is 2.94 bits per heavy atom. The van der Waals surface area contributed by atoms with Crippen LogP contribution in [0.3, 0.4) is 0 Å². The molecule has 0 atom stereocenters. The van der Waals surface area contributed by atoms with Gasteiger partial charge < -0.3 is 4.74 Å². The lowest BCUT2D eigenvalue weighted by Crippen LogP contribution is -1.95. The van der Waals surface area contributed by atoms with E-state index >= 15 is 0 Å². The van der Waals surface area contributed by atoms with E-state index in [1.165, 1.54) is 7.11 Å². The molecule has 0 bridgehead atoms. The SMILES string of the molecule is COC(=O)C#Cc1nccc2ccccc12. The second kappa shape index (κ2) is 4.45. The molecule has 0 N–H and O–H groups in total. The Balaban J connectivity index is 2.51. The first-order valence-corrected chi connectivity index (χ1v) is 4.75. The van der Waals surface area contributed by atoms with Gasteiger partial charge in [0.25, 0.3) is 0 Å². The summed E-state index contributed by atoms with van der Waals surface area (Å²) in [6.45, 7) is 0. The fourth-order valence-corrected chi connectivity index (χ4v) is 1.38. The normalized spacial score (nSPS) is 9.31. The van der Waals surface area contributed by atoms with Crippen molar-refractivity contribution in [2.75, 3.05) is 7.11 Å². The van der Waals surface area contributed by atoms with Gasteiger partial charge in [0.2, 0.25) is 0 Å². The minimum atomic E-state index is -0.560. The van der Waals surface area contributed by atoms with Crippen LogP contribution in [0.2, 0.25) is 0 Å². The molecule has 16 heavy (non-hydrogen) atoms. The molecular formula is C13H9NO2. The number of benzene rings is 1. The van der Waals surface area contributed by atoms with Gasteiger partial charge in [0, 0.05) is 17.5 Å². The van der Waals surface area contributed by atoms with Crippen LogP contribution in [-0.4, -0.2) is 18.1 Å². The molecule has 0 fully saturated rings. The largest absolute Gasteiger partial charge is 0.459 e. The maximum atomic E-state index is 10.9. The van der Waals surface area contributed by atoms with Gasteiger partial charge in [0.15, 0.2) is 0 Å². The third-order valence-corrected chi connectivity index (χ3v) is 2.14. The molecule has 78 valence electrons. The molecule has 1 aromatic carbocycles. The number of pyridine rings is 1. The number of aromatic nitrogens is 1. The third-order valence-electron chi connectivity index (χ3n) is 2.14. The Hall–Kier alpha value is -2.34. The molecule has 0 saturated carbocycles. The standard InChI is InChI=1S/C13H9NO2/c1-16-13(15)7-6-12-11-5-3-2-4-10(11)8-9-14-12/h2-5,8-9H,1H3. The zero-order valence-electron chi connectivity index (χ0n) is 8.73. The van der Waals surface area contributed by atoms with Crippen molar-refractivity contribution in [1.29, 1.82) is 0 Å². The monoisotopic (exact) mass is 211 g/mol. The summed E-state index contributed by atoms with van der Waals surface area (Å²) in [4.78, 5) is 15.0. The van der Waals surface area contributed by atoms with Crippen LogP contribution in [0.1, 0.15) is 5.69 Å². The average Bonchev–Trinajstić information content (AvgIpc) is 2.35. The summed E-state index contributed by atoms with van der Waals surface area (Å²) in [6.07, 6.45) is 1.67. The summed E-state index contributed by atoms with van der Waals surface area (Å²) in [5.74, 6) is 4.51. The van der Waals surface area contributed by atoms with Crippen LogP contribution in [0.25, 0.3) is 10.8 Å². The molecule has 2 aromatic rings. The molecular weight excluding hydrogens is 202 g/mol. The van der Waals surface area contributed by atoms with Crippen molar-refractivity contribution in [3.8, 4) is 11.8 Å². The Bertz CT molecular complexity index is 588. The fourth-order valence-electron chi connectivity index (χ4n) is 1.38. The number of carbonyl (C=O) groups excluding carboxylic acids is 1. The molecule has 0 aliphatic rings. The highest BCUT2D eigenvalue weighted by Gasteiger charge is 1.98. The van der Waals surface area contributed by atoms with E-state index in [0.717, 1.165) is 10.8 Å². The number of methoxy groups -OCH3 is 1. The number of carbonyl (C=O) groups is 1. The first kappa shape index (κ1) is 10.2. The number of esters is 1. The molecule has 0 saturated heterocycles. The van der Waals surface area contributed by atoms with Gasteiger partial charge in [-0.1, -0.05) is 24.3 Å². The van der Waals surface area contributed by atoms with E-state index in [9.17, 15) is 4.79 Å². The van der Waals surface area contributed by atoms with Crippen LogP contribution in [-0.2, 0) is 9.53 Å². The van der Waals surface area contributed by atoms with E-state index < -0.39 is 5.97 Å². The first-order chi connectivity index (χ1) is 7.81. The Kier molecular flexibility index (Phi) is 2.84. The quantitative estimate of drug-likeness (QED) is 0.492. The Labute approximate surface area is 93.1 Å².